The van der Waals surface area contributed by atoms with Crippen LogP contribution in [0.1, 0.15) is 24.3 Å². The molecule has 1 heterocycles. The zero-order valence-corrected chi connectivity index (χ0v) is 11.3. The number of hydrogen-bond donors (Lipinski definition) is 2. The van der Waals surface area contributed by atoms with Crippen molar-refractivity contribution in [3.05, 3.63) is 21.9 Å². The van der Waals surface area contributed by atoms with E-state index in [1.54, 1.807) is 0 Å². The van der Waals surface area contributed by atoms with Gasteiger partial charge in [0.2, 0.25) is 5.91 Å². The maximum Gasteiger partial charge on any atom is 0.246 e. The Morgan fingerprint density at radius 1 is 1.61 bits per heavy atom. The number of ether oxygens (including phenoxy) is 1. The summed E-state index contributed by atoms with van der Waals surface area (Å²) in [5.74, 6) is 5.30. The average Bonchev–Trinajstić information content (AvgIpc) is 2.78. The summed E-state index contributed by atoms with van der Waals surface area (Å²) < 4.78 is 5.20. The van der Waals surface area contributed by atoms with Crippen LogP contribution in [-0.4, -0.2) is 30.3 Å². The van der Waals surface area contributed by atoms with E-state index in [1.165, 1.54) is 11.3 Å². The van der Waals surface area contributed by atoms with Gasteiger partial charge in [-0.2, -0.15) is 0 Å². The van der Waals surface area contributed by atoms with Crippen LogP contribution < -0.4 is 5.32 Å². The smallest absolute Gasteiger partial charge is 0.246 e. The van der Waals surface area contributed by atoms with Crippen LogP contribution >= 0.6 is 11.3 Å². The molecule has 1 rings (SSSR count). The lowest BCUT2D eigenvalue weighted by Crippen LogP contribution is -2.28. The molecule has 1 aromatic rings. The Kier molecular flexibility index (Phi) is 6.44. The van der Waals surface area contributed by atoms with E-state index in [-0.39, 0.29) is 25.2 Å². The molecule has 0 bridgehead atoms. The molecule has 0 spiro atoms. The van der Waals surface area contributed by atoms with Crippen LogP contribution in [0.4, 0.5) is 0 Å². The molecule has 0 unspecified atom stereocenters. The highest BCUT2D eigenvalue weighted by Crippen LogP contribution is 2.15. The molecule has 0 atom stereocenters. The van der Waals surface area contributed by atoms with Gasteiger partial charge in [-0.1, -0.05) is 11.8 Å². The van der Waals surface area contributed by atoms with Gasteiger partial charge in [0.15, 0.2) is 0 Å². The number of amides is 1. The summed E-state index contributed by atoms with van der Waals surface area (Å²) in [5.41, 5.74) is 0.846. The summed E-state index contributed by atoms with van der Waals surface area (Å²) in [6.45, 7) is 4.11. The van der Waals surface area contributed by atoms with Crippen molar-refractivity contribution in [2.45, 2.75) is 26.5 Å². The van der Waals surface area contributed by atoms with Crippen molar-refractivity contribution in [1.29, 1.82) is 0 Å². The Labute approximate surface area is 111 Å². The largest absolute Gasteiger partial charge is 0.384 e. The third-order valence-corrected chi connectivity index (χ3v) is 2.96. The molecule has 0 aromatic carbocycles. The van der Waals surface area contributed by atoms with Crippen molar-refractivity contribution in [3.63, 3.8) is 0 Å². The van der Waals surface area contributed by atoms with Gasteiger partial charge in [0.25, 0.3) is 0 Å². The molecule has 5 heteroatoms. The SMILES string of the molecule is CC(C)OCC(=O)NCc1sccc1C#CCO. The lowest BCUT2D eigenvalue weighted by Gasteiger charge is -2.07. The van der Waals surface area contributed by atoms with Gasteiger partial charge >= 0.3 is 0 Å². The minimum Gasteiger partial charge on any atom is -0.384 e. The number of carbonyl (C=O) groups is 1. The van der Waals surface area contributed by atoms with Crippen LogP contribution in [0.3, 0.4) is 0 Å². The molecule has 0 saturated carbocycles. The van der Waals surface area contributed by atoms with Crippen LogP contribution in [0.15, 0.2) is 11.4 Å². The number of aliphatic hydroxyl groups excluding tert-OH is 1. The first-order valence-electron chi connectivity index (χ1n) is 5.68. The van der Waals surface area contributed by atoms with E-state index in [1.807, 2.05) is 25.3 Å². The highest BCUT2D eigenvalue weighted by atomic mass is 32.1. The van der Waals surface area contributed by atoms with E-state index < -0.39 is 0 Å². The molecule has 1 aromatic heterocycles. The topological polar surface area (TPSA) is 58.6 Å². The van der Waals surface area contributed by atoms with E-state index in [0.29, 0.717) is 6.54 Å². The Morgan fingerprint density at radius 2 is 2.39 bits per heavy atom. The van der Waals surface area contributed by atoms with E-state index >= 15 is 0 Å². The highest BCUT2D eigenvalue weighted by molar-refractivity contribution is 7.10. The maximum atomic E-state index is 11.5. The molecule has 0 radical (unpaired) electrons. The van der Waals surface area contributed by atoms with E-state index in [4.69, 9.17) is 9.84 Å². The minimum atomic E-state index is -0.163. The first-order valence-corrected chi connectivity index (χ1v) is 6.56. The van der Waals surface area contributed by atoms with Crippen molar-refractivity contribution >= 4 is 17.2 Å². The summed E-state index contributed by atoms with van der Waals surface area (Å²) in [5, 5.41) is 13.3. The van der Waals surface area contributed by atoms with Gasteiger partial charge in [0.05, 0.1) is 12.6 Å². The lowest BCUT2D eigenvalue weighted by molar-refractivity contribution is -0.127. The maximum absolute atomic E-state index is 11.5. The Bertz CT molecular complexity index is 443. The first kappa shape index (κ1) is 14.7. The highest BCUT2D eigenvalue weighted by Gasteiger charge is 2.06. The van der Waals surface area contributed by atoms with Crippen molar-refractivity contribution < 1.29 is 14.6 Å². The van der Waals surface area contributed by atoms with Crippen molar-refractivity contribution in [2.75, 3.05) is 13.2 Å². The summed E-state index contributed by atoms with van der Waals surface area (Å²) in [6, 6.07) is 1.87. The molecule has 0 saturated heterocycles. The predicted octanol–water partition coefficient (Wildman–Crippen LogP) is 1.13. The fourth-order valence-electron chi connectivity index (χ4n) is 1.20. The van der Waals surface area contributed by atoms with E-state index in [2.05, 4.69) is 17.2 Å². The van der Waals surface area contributed by atoms with Gasteiger partial charge in [-0.15, -0.1) is 11.3 Å². The molecule has 1 amide bonds. The summed E-state index contributed by atoms with van der Waals surface area (Å²) >= 11 is 1.53. The molecular weight excluding hydrogens is 250 g/mol. The second kappa shape index (κ2) is 7.88. The molecule has 0 aliphatic carbocycles. The standard InChI is InChI=1S/C13H17NO3S/c1-10(2)17-9-13(16)14-8-12-11(4-3-6-15)5-7-18-12/h5,7,10,15H,6,8-9H2,1-2H3,(H,14,16). The van der Waals surface area contributed by atoms with Crippen LogP contribution in [0.25, 0.3) is 0 Å². The molecule has 18 heavy (non-hydrogen) atoms. The van der Waals surface area contributed by atoms with Crippen LogP contribution in [-0.2, 0) is 16.1 Å². The summed E-state index contributed by atoms with van der Waals surface area (Å²) in [7, 11) is 0. The molecule has 0 aliphatic heterocycles. The van der Waals surface area contributed by atoms with Crippen molar-refractivity contribution in [3.8, 4) is 11.8 Å². The van der Waals surface area contributed by atoms with Gasteiger partial charge in [0.1, 0.15) is 13.2 Å². The monoisotopic (exact) mass is 267 g/mol. The molecule has 0 aliphatic rings. The Hall–Kier alpha value is -1.35. The van der Waals surface area contributed by atoms with Gasteiger partial charge in [-0.05, 0) is 25.3 Å². The number of thiophene rings is 1. The summed E-state index contributed by atoms with van der Waals surface area (Å²) in [4.78, 5) is 12.4. The first-order chi connectivity index (χ1) is 8.63. The van der Waals surface area contributed by atoms with Crippen LogP contribution in [0, 0.1) is 11.8 Å². The van der Waals surface area contributed by atoms with Gasteiger partial charge in [-0.25, -0.2) is 0 Å². The number of rotatable bonds is 5. The molecule has 4 nitrogen and oxygen atoms in total. The Morgan fingerprint density at radius 3 is 3.06 bits per heavy atom. The van der Waals surface area contributed by atoms with Gasteiger partial charge in [-0.3, -0.25) is 4.79 Å². The minimum absolute atomic E-state index is 0.0449. The normalized spacial score (nSPS) is 10.0. The quantitative estimate of drug-likeness (QED) is 0.786. The average molecular weight is 267 g/mol. The van der Waals surface area contributed by atoms with Crippen molar-refractivity contribution in [1.82, 2.24) is 5.32 Å². The number of hydrogen-bond acceptors (Lipinski definition) is 4. The fourth-order valence-corrected chi connectivity index (χ4v) is 1.97. The van der Waals surface area contributed by atoms with Crippen LogP contribution in [0.2, 0.25) is 0 Å². The van der Waals surface area contributed by atoms with Gasteiger partial charge < -0.3 is 15.2 Å². The number of aliphatic hydroxyl groups is 1. The lowest BCUT2D eigenvalue weighted by atomic mass is 10.2. The van der Waals surface area contributed by atoms with E-state index in [9.17, 15) is 4.79 Å². The molecular formula is C13H17NO3S. The summed E-state index contributed by atoms with van der Waals surface area (Å²) in [6.07, 6.45) is 0.0449. The van der Waals surface area contributed by atoms with Crippen molar-refractivity contribution in [2.24, 2.45) is 0 Å². The third kappa shape index (κ3) is 5.32. The predicted molar refractivity (Wildman–Crippen MR) is 71.2 cm³/mol. The second-order valence-corrected chi connectivity index (χ2v) is 4.85. The molecule has 98 valence electrons. The fraction of sp³-hybridized carbons (Fsp3) is 0.462. The number of nitrogens with one attached hydrogen (secondary N) is 1. The van der Waals surface area contributed by atoms with Gasteiger partial charge in [0, 0.05) is 10.4 Å². The van der Waals surface area contributed by atoms with E-state index in [0.717, 1.165) is 10.4 Å². The zero-order chi connectivity index (χ0) is 13.4. The molecule has 0 fully saturated rings. The Balaban J connectivity index is 2.43. The third-order valence-electron chi connectivity index (χ3n) is 2.04. The van der Waals surface area contributed by atoms with Crippen LogP contribution in [0.5, 0.6) is 0 Å². The number of carbonyl (C=O) groups excluding carboxylic acids is 1. The molecule has 2 N–H and O–H groups in total. The second-order valence-electron chi connectivity index (χ2n) is 3.85. The zero-order valence-electron chi connectivity index (χ0n) is 10.5.